The molecular weight excluding hydrogens is 457 g/mol. The van der Waals surface area contributed by atoms with Gasteiger partial charge >= 0.3 is 0 Å². The summed E-state index contributed by atoms with van der Waals surface area (Å²) in [5, 5.41) is 9.20. The number of anilines is 1. The van der Waals surface area contributed by atoms with Crippen LogP contribution in [0, 0.1) is 12.7 Å². The van der Waals surface area contributed by atoms with E-state index >= 15 is 0 Å². The summed E-state index contributed by atoms with van der Waals surface area (Å²) < 4.78 is 23.7. The Kier molecular flexibility index (Phi) is 5.96. The number of carbonyl (C=O) groups excluding carboxylic acids is 1. The van der Waals surface area contributed by atoms with Crippen molar-refractivity contribution in [3.8, 4) is 11.1 Å². The molecule has 5 heterocycles. The van der Waals surface area contributed by atoms with Crippen LogP contribution in [0.5, 0.6) is 0 Å². The molecular formula is C23H24FN7O2S. The van der Waals surface area contributed by atoms with Crippen LogP contribution in [0.2, 0.25) is 0 Å². The van der Waals surface area contributed by atoms with Gasteiger partial charge in [-0.15, -0.1) is 0 Å². The van der Waals surface area contributed by atoms with E-state index in [1.165, 1.54) is 17.8 Å². The van der Waals surface area contributed by atoms with Crippen molar-refractivity contribution >= 4 is 28.9 Å². The molecule has 1 amide bonds. The molecule has 2 N–H and O–H groups in total. The van der Waals surface area contributed by atoms with Crippen molar-refractivity contribution in [1.29, 1.82) is 0 Å². The topological polar surface area (TPSA) is 104 Å². The molecule has 0 aliphatic carbocycles. The normalized spacial score (nSPS) is 16.3. The van der Waals surface area contributed by atoms with E-state index in [2.05, 4.69) is 15.2 Å². The van der Waals surface area contributed by atoms with Crippen LogP contribution < -0.4 is 5.73 Å². The molecule has 4 aromatic rings. The molecule has 176 valence electrons. The van der Waals surface area contributed by atoms with Crippen LogP contribution in [0.1, 0.15) is 12.6 Å². The van der Waals surface area contributed by atoms with Crippen LogP contribution in [0.3, 0.4) is 0 Å². The summed E-state index contributed by atoms with van der Waals surface area (Å²) in [6.45, 7) is 5.76. The number of ether oxygens (including phenoxy) is 1. The van der Waals surface area contributed by atoms with Gasteiger partial charge in [-0.05, 0) is 25.1 Å². The number of nitrogen functional groups attached to an aromatic ring is 1. The van der Waals surface area contributed by atoms with Crippen LogP contribution >= 0.6 is 11.8 Å². The van der Waals surface area contributed by atoms with Gasteiger partial charge in [0.25, 0.3) is 0 Å². The van der Waals surface area contributed by atoms with Gasteiger partial charge in [-0.2, -0.15) is 10.2 Å². The maximum atomic E-state index is 14.3. The predicted octanol–water partition coefficient (Wildman–Crippen LogP) is 3.02. The Hall–Kier alpha value is -3.44. The fourth-order valence-corrected chi connectivity index (χ4v) is 5.09. The number of fused-ring (bicyclic) bond motifs is 1. The van der Waals surface area contributed by atoms with Gasteiger partial charge in [0.2, 0.25) is 5.91 Å². The average Bonchev–Trinajstić information content (AvgIpc) is 3.38. The molecule has 1 fully saturated rings. The number of pyridine rings is 2. The summed E-state index contributed by atoms with van der Waals surface area (Å²) in [7, 11) is 0. The third-order valence-electron chi connectivity index (χ3n) is 5.91. The number of rotatable bonds is 5. The largest absolute Gasteiger partial charge is 0.396 e. The lowest BCUT2D eigenvalue weighted by Crippen LogP contribution is -2.46. The molecule has 1 atom stereocenters. The summed E-state index contributed by atoms with van der Waals surface area (Å²) in [5.74, 6) is -0.349. The van der Waals surface area contributed by atoms with Crippen molar-refractivity contribution in [3.63, 3.8) is 0 Å². The standard InChI is InChI=1S/C23H24FN7O2S/c1-14-18(9-27-30(14)13-17-12-29(15(2)32)6-7-33-17)16-8-21(22-20(25)10-28-31(22)11-16)34-23-19(24)4-3-5-26-23/h3-5,8-11,17H,6-7,12-13,25H2,1-2H3/t17-/m1/s1. The van der Waals surface area contributed by atoms with E-state index in [-0.39, 0.29) is 17.0 Å². The van der Waals surface area contributed by atoms with E-state index in [0.29, 0.717) is 37.4 Å². The first-order chi connectivity index (χ1) is 16.4. The SMILES string of the molecule is CC(=O)N1CCO[C@@H](Cn2ncc(-c3cc(Sc4ncccc4F)c4c(N)cnn4c3)c2C)C1. The zero-order chi connectivity index (χ0) is 23.8. The van der Waals surface area contributed by atoms with E-state index in [9.17, 15) is 9.18 Å². The Balaban J connectivity index is 1.47. The molecule has 1 aliphatic rings. The molecule has 1 saturated heterocycles. The van der Waals surface area contributed by atoms with Crippen LogP contribution in [0.15, 0.2) is 52.9 Å². The first-order valence-electron chi connectivity index (χ1n) is 10.9. The molecule has 34 heavy (non-hydrogen) atoms. The van der Waals surface area contributed by atoms with Gasteiger partial charge in [0.15, 0.2) is 5.82 Å². The number of halogens is 1. The van der Waals surface area contributed by atoms with Crippen molar-refractivity contribution in [3.05, 3.63) is 54.5 Å². The summed E-state index contributed by atoms with van der Waals surface area (Å²) in [6, 6.07) is 4.89. The lowest BCUT2D eigenvalue weighted by atomic mass is 10.1. The Morgan fingerprint density at radius 1 is 1.35 bits per heavy atom. The second-order valence-electron chi connectivity index (χ2n) is 8.16. The number of nitrogens with zero attached hydrogens (tertiary/aromatic N) is 6. The minimum atomic E-state index is -0.398. The minimum absolute atomic E-state index is 0.0485. The molecule has 0 unspecified atom stereocenters. The fraction of sp³-hybridized carbons (Fsp3) is 0.304. The second kappa shape index (κ2) is 9.07. The molecule has 0 bridgehead atoms. The first kappa shape index (κ1) is 22.4. The summed E-state index contributed by atoms with van der Waals surface area (Å²) >= 11 is 1.20. The lowest BCUT2D eigenvalue weighted by Gasteiger charge is -2.32. The van der Waals surface area contributed by atoms with Crippen LogP contribution in [-0.4, -0.2) is 61.0 Å². The summed E-state index contributed by atoms with van der Waals surface area (Å²) in [4.78, 5) is 18.4. The van der Waals surface area contributed by atoms with Crippen molar-refractivity contribution in [1.82, 2.24) is 29.3 Å². The van der Waals surface area contributed by atoms with E-state index in [1.54, 1.807) is 41.0 Å². The van der Waals surface area contributed by atoms with Gasteiger partial charge in [0.05, 0.1) is 37.3 Å². The number of hydrogen-bond acceptors (Lipinski definition) is 7. The highest BCUT2D eigenvalue weighted by molar-refractivity contribution is 7.99. The highest BCUT2D eigenvalue weighted by Gasteiger charge is 2.24. The summed E-state index contributed by atoms with van der Waals surface area (Å²) in [5.41, 5.74) is 10.1. The maximum absolute atomic E-state index is 14.3. The molecule has 9 nitrogen and oxygen atoms in total. The van der Waals surface area contributed by atoms with Gasteiger partial charge in [-0.1, -0.05) is 11.8 Å². The molecule has 4 aromatic heterocycles. The highest BCUT2D eigenvalue weighted by atomic mass is 32.2. The van der Waals surface area contributed by atoms with E-state index < -0.39 is 5.82 Å². The molecule has 11 heteroatoms. The van der Waals surface area contributed by atoms with Gasteiger partial charge in [0.1, 0.15) is 10.5 Å². The summed E-state index contributed by atoms with van der Waals surface area (Å²) in [6.07, 6.45) is 6.69. The van der Waals surface area contributed by atoms with Gasteiger partial charge < -0.3 is 15.4 Å². The lowest BCUT2D eigenvalue weighted by molar-refractivity contribution is -0.136. The molecule has 0 spiro atoms. The molecule has 1 aliphatic heterocycles. The molecule has 0 aromatic carbocycles. The zero-order valence-electron chi connectivity index (χ0n) is 18.8. The van der Waals surface area contributed by atoms with Crippen molar-refractivity contribution in [2.24, 2.45) is 0 Å². The number of morpholine rings is 1. The molecule has 5 rings (SSSR count). The molecule has 0 saturated carbocycles. The highest BCUT2D eigenvalue weighted by Crippen LogP contribution is 2.37. The zero-order valence-corrected chi connectivity index (χ0v) is 19.6. The number of carbonyl (C=O) groups is 1. The van der Waals surface area contributed by atoms with Gasteiger partial charge in [-0.25, -0.2) is 13.9 Å². The predicted molar refractivity (Wildman–Crippen MR) is 126 cm³/mol. The Bertz CT molecular complexity index is 1370. The number of aromatic nitrogens is 5. The Morgan fingerprint density at radius 3 is 3.00 bits per heavy atom. The van der Waals surface area contributed by atoms with Crippen LogP contribution in [0.25, 0.3) is 16.6 Å². The van der Waals surface area contributed by atoms with E-state index in [4.69, 9.17) is 10.5 Å². The smallest absolute Gasteiger partial charge is 0.219 e. The Morgan fingerprint density at radius 2 is 2.21 bits per heavy atom. The fourth-order valence-electron chi connectivity index (χ4n) is 4.11. The van der Waals surface area contributed by atoms with E-state index in [0.717, 1.165) is 21.7 Å². The number of nitrogens with two attached hydrogens (primary N) is 1. The number of hydrogen-bond donors (Lipinski definition) is 1. The maximum Gasteiger partial charge on any atom is 0.219 e. The van der Waals surface area contributed by atoms with Gasteiger partial charge in [-0.3, -0.25) is 9.48 Å². The van der Waals surface area contributed by atoms with Crippen LogP contribution in [-0.2, 0) is 16.1 Å². The Labute approximate surface area is 199 Å². The van der Waals surface area contributed by atoms with Gasteiger partial charge in [0, 0.05) is 54.1 Å². The average molecular weight is 482 g/mol. The molecule has 0 radical (unpaired) electrons. The van der Waals surface area contributed by atoms with Crippen molar-refractivity contribution in [2.75, 3.05) is 25.4 Å². The van der Waals surface area contributed by atoms with Crippen molar-refractivity contribution < 1.29 is 13.9 Å². The third-order valence-corrected chi connectivity index (χ3v) is 6.94. The third kappa shape index (κ3) is 4.24. The second-order valence-corrected chi connectivity index (χ2v) is 9.19. The van der Waals surface area contributed by atoms with E-state index in [1.807, 2.05) is 23.9 Å². The monoisotopic (exact) mass is 481 g/mol. The number of amides is 1. The quantitative estimate of drug-likeness (QED) is 0.467. The first-order valence-corrected chi connectivity index (χ1v) is 11.7. The van der Waals surface area contributed by atoms with Crippen molar-refractivity contribution in [2.45, 2.75) is 36.4 Å². The minimum Gasteiger partial charge on any atom is -0.396 e. The van der Waals surface area contributed by atoms with Crippen LogP contribution in [0.4, 0.5) is 10.1 Å².